The van der Waals surface area contributed by atoms with Crippen LogP contribution in [0.5, 0.6) is 0 Å². The molecule has 0 bridgehead atoms. The highest BCUT2D eigenvalue weighted by Gasteiger charge is 2.17. The van der Waals surface area contributed by atoms with Gasteiger partial charge < -0.3 is 10.1 Å². The van der Waals surface area contributed by atoms with Crippen molar-refractivity contribution in [2.24, 2.45) is 0 Å². The Morgan fingerprint density at radius 3 is 2.61 bits per heavy atom. The zero-order chi connectivity index (χ0) is 21.7. The number of hydrogen-bond donors (Lipinski definition) is 0. The minimum absolute atomic E-state index is 0.141. The zero-order valence-corrected chi connectivity index (χ0v) is 18.1. The van der Waals surface area contributed by atoms with Gasteiger partial charge in [-0.15, -0.1) is 16.4 Å². The lowest BCUT2D eigenvalue weighted by atomic mass is 10.1. The Kier molecular flexibility index (Phi) is 4.51. The van der Waals surface area contributed by atoms with E-state index in [9.17, 15) is 10.1 Å². The maximum atomic E-state index is 10.9. The van der Waals surface area contributed by atoms with E-state index in [4.69, 9.17) is 4.98 Å². The highest BCUT2D eigenvalue weighted by Crippen LogP contribution is 2.32. The van der Waals surface area contributed by atoms with Crippen molar-refractivity contribution in [2.45, 2.75) is 33.7 Å². The number of thiophene rings is 1. The highest BCUT2D eigenvalue weighted by atomic mass is 32.1. The predicted molar refractivity (Wildman–Crippen MR) is 118 cm³/mol. The molecule has 5 rings (SSSR count). The molecule has 5 aromatic rings. The molecule has 0 aliphatic rings. The normalized spacial score (nSPS) is 11.6. The number of aryl methyl sites for hydroxylation is 3. The summed E-state index contributed by atoms with van der Waals surface area (Å²) in [5.41, 5.74) is 4.72. The quantitative estimate of drug-likeness (QED) is 0.302. The van der Waals surface area contributed by atoms with E-state index in [1.54, 1.807) is 33.8 Å². The first kappa shape index (κ1) is 19.3. The van der Waals surface area contributed by atoms with Gasteiger partial charge in [0.1, 0.15) is 11.2 Å². The molecule has 0 aliphatic carbocycles. The largest absolute Gasteiger partial charge is 0.390 e. The monoisotopic (exact) mass is 433 g/mol. The number of benzene rings is 1. The summed E-state index contributed by atoms with van der Waals surface area (Å²) in [6.45, 7) is 6.52. The van der Waals surface area contributed by atoms with Gasteiger partial charge in [0.2, 0.25) is 0 Å². The molecular formula is C21H19N7O2S. The number of hydrogen-bond acceptors (Lipinski definition) is 7. The van der Waals surface area contributed by atoms with E-state index in [0.29, 0.717) is 12.4 Å². The molecular weight excluding hydrogens is 414 g/mol. The first-order chi connectivity index (χ1) is 14.9. The van der Waals surface area contributed by atoms with Crippen LogP contribution in [0.2, 0.25) is 0 Å². The molecule has 0 atom stereocenters. The average molecular weight is 433 g/mol. The van der Waals surface area contributed by atoms with Crippen molar-refractivity contribution in [1.82, 2.24) is 29.4 Å². The molecule has 0 fully saturated rings. The van der Waals surface area contributed by atoms with Gasteiger partial charge in [-0.2, -0.15) is 4.68 Å². The number of nitrogens with zero attached hydrogens (tertiary/aromatic N) is 7. The summed E-state index contributed by atoms with van der Waals surface area (Å²) < 4.78 is 3.37. The lowest BCUT2D eigenvalue weighted by Crippen LogP contribution is -2.04. The third kappa shape index (κ3) is 3.25. The standard InChI is InChI=1S/C21H19N7O2S/c1-4-16-13(3)31-21-18(16)20-23-19(25-27(20)11-22-21)15-7-5-14(6-8-15)10-26-12(2)9-17(24-26)28(29)30/h5-9,11H,4,10H2,1-3H3. The van der Waals surface area contributed by atoms with E-state index in [1.165, 1.54) is 16.5 Å². The van der Waals surface area contributed by atoms with Gasteiger partial charge >= 0.3 is 5.82 Å². The van der Waals surface area contributed by atoms with Gasteiger partial charge in [-0.05, 0) is 36.3 Å². The van der Waals surface area contributed by atoms with Crippen LogP contribution in [0.3, 0.4) is 0 Å². The fraction of sp³-hybridized carbons (Fsp3) is 0.238. The second-order valence-corrected chi connectivity index (χ2v) is 8.58. The second-order valence-electron chi connectivity index (χ2n) is 7.37. The van der Waals surface area contributed by atoms with Crippen LogP contribution in [0.1, 0.15) is 28.6 Å². The molecule has 0 aliphatic heterocycles. The molecule has 10 heteroatoms. The van der Waals surface area contributed by atoms with Crippen LogP contribution in [-0.4, -0.2) is 34.3 Å². The summed E-state index contributed by atoms with van der Waals surface area (Å²) >= 11 is 1.69. The van der Waals surface area contributed by atoms with Crippen molar-refractivity contribution in [2.75, 3.05) is 0 Å². The van der Waals surface area contributed by atoms with Crippen LogP contribution >= 0.6 is 11.3 Å². The second kappa shape index (κ2) is 7.24. The SMILES string of the molecule is CCc1c(C)sc2ncn3nc(-c4ccc(Cn5nc([N+](=O)[O-])cc5C)cc4)nc3c12. The van der Waals surface area contributed by atoms with E-state index in [2.05, 4.69) is 29.0 Å². The summed E-state index contributed by atoms with van der Waals surface area (Å²) in [6, 6.07) is 9.33. The summed E-state index contributed by atoms with van der Waals surface area (Å²) in [7, 11) is 0. The van der Waals surface area contributed by atoms with Gasteiger partial charge in [0, 0.05) is 10.4 Å². The Bertz CT molecular complexity index is 1450. The summed E-state index contributed by atoms with van der Waals surface area (Å²) in [5.74, 6) is 0.496. The van der Waals surface area contributed by atoms with Gasteiger partial charge in [0.05, 0.1) is 28.8 Å². The molecule has 0 spiro atoms. The Morgan fingerprint density at radius 1 is 1.16 bits per heavy atom. The first-order valence-corrected chi connectivity index (χ1v) is 10.7. The molecule has 0 N–H and O–H groups in total. The van der Waals surface area contributed by atoms with Crippen molar-refractivity contribution in [3.63, 3.8) is 0 Å². The summed E-state index contributed by atoms with van der Waals surface area (Å²) in [6.07, 6.45) is 2.64. The fourth-order valence-electron chi connectivity index (χ4n) is 3.79. The zero-order valence-electron chi connectivity index (χ0n) is 17.2. The molecule has 1 aromatic carbocycles. The van der Waals surface area contributed by atoms with Crippen molar-refractivity contribution < 1.29 is 4.92 Å². The fourth-order valence-corrected chi connectivity index (χ4v) is 4.86. The van der Waals surface area contributed by atoms with Crippen LogP contribution in [-0.2, 0) is 13.0 Å². The van der Waals surface area contributed by atoms with Crippen LogP contribution in [0, 0.1) is 24.0 Å². The third-order valence-corrected chi connectivity index (χ3v) is 6.44. The maximum Gasteiger partial charge on any atom is 0.390 e. The average Bonchev–Trinajstić information content (AvgIpc) is 3.43. The van der Waals surface area contributed by atoms with E-state index < -0.39 is 4.92 Å². The number of fused-ring (bicyclic) bond motifs is 3. The molecule has 31 heavy (non-hydrogen) atoms. The van der Waals surface area contributed by atoms with Crippen LogP contribution in [0.25, 0.3) is 27.3 Å². The maximum absolute atomic E-state index is 10.9. The third-order valence-electron chi connectivity index (χ3n) is 5.38. The van der Waals surface area contributed by atoms with Gasteiger partial charge in [-0.3, -0.25) is 0 Å². The Hall–Kier alpha value is -3.66. The molecule has 0 radical (unpaired) electrons. The number of nitro groups is 1. The predicted octanol–water partition coefficient (Wildman–Crippen LogP) is 4.34. The van der Waals surface area contributed by atoms with Crippen molar-refractivity contribution in [1.29, 1.82) is 0 Å². The minimum atomic E-state index is -0.480. The summed E-state index contributed by atoms with van der Waals surface area (Å²) in [5, 5.41) is 20.7. The van der Waals surface area contributed by atoms with Crippen LogP contribution in [0.4, 0.5) is 5.82 Å². The minimum Gasteiger partial charge on any atom is -0.358 e. The van der Waals surface area contributed by atoms with Gasteiger partial charge in [0.25, 0.3) is 0 Å². The molecule has 0 unspecified atom stereocenters. The Balaban J connectivity index is 1.48. The molecule has 4 aromatic heterocycles. The first-order valence-electron chi connectivity index (χ1n) is 9.86. The number of rotatable bonds is 5. The Morgan fingerprint density at radius 2 is 1.94 bits per heavy atom. The van der Waals surface area contributed by atoms with Crippen LogP contribution in [0.15, 0.2) is 36.7 Å². The van der Waals surface area contributed by atoms with Gasteiger partial charge in [-0.1, -0.05) is 31.2 Å². The molecule has 156 valence electrons. The molecule has 0 saturated heterocycles. The van der Waals surface area contributed by atoms with Crippen LogP contribution < -0.4 is 0 Å². The lowest BCUT2D eigenvalue weighted by Gasteiger charge is -2.02. The van der Waals surface area contributed by atoms with Crippen molar-refractivity contribution >= 4 is 33.0 Å². The number of aromatic nitrogens is 6. The van der Waals surface area contributed by atoms with E-state index in [-0.39, 0.29) is 5.82 Å². The van der Waals surface area contributed by atoms with Gasteiger partial charge in [-0.25, -0.2) is 14.5 Å². The van der Waals surface area contributed by atoms with E-state index in [0.717, 1.165) is 39.1 Å². The molecule has 0 amide bonds. The van der Waals surface area contributed by atoms with Crippen molar-refractivity contribution in [3.8, 4) is 11.4 Å². The van der Waals surface area contributed by atoms with E-state index >= 15 is 0 Å². The topological polar surface area (TPSA) is 104 Å². The molecule has 0 saturated carbocycles. The Labute approximate surface area is 181 Å². The summed E-state index contributed by atoms with van der Waals surface area (Å²) in [4.78, 5) is 22.1. The van der Waals surface area contributed by atoms with Gasteiger partial charge in [0.15, 0.2) is 11.5 Å². The van der Waals surface area contributed by atoms with Crippen molar-refractivity contribution in [3.05, 3.63) is 68.5 Å². The molecule has 9 nitrogen and oxygen atoms in total. The molecule has 4 heterocycles. The van der Waals surface area contributed by atoms with E-state index in [1.807, 2.05) is 24.3 Å². The lowest BCUT2D eigenvalue weighted by molar-refractivity contribution is -0.389. The smallest absolute Gasteiger partial charge is 0.358 e. The highest BCUT2D eigenvalue weighted by molar-refractivity contribution is 7.18.